The number of hydrogen-bond acceptors (Lipinski definition) is 7. The molecule has 200 valence electrons. The molecule has 1 aliphatic carbocycles. The van der Waals surface area contributed by atoms with Gasteiger partial charge in [-0.25, -0.2) is 4.79 Å². The van der Waals surface area contributed by atoms with Crippen LogP contribution in [0.15, 0.2) is 59.2 Å². The second-order valence-corrected chi connectivity index (χ2v) is 11.8. The zero-order valence-corrected chi connectivity index (χ0v) is 22.7. The highest BCUT2D eigenvalue weighted by molar-refractivity contribution is 6.03. The molecule has 1 aromatic heterocycles. The number of allylic oxidation sites excluding steroid dienone is 2. The normalized spacial score (nSPS) is 24.4. The molecule has 3 aliphatic rings. The van der Waals surface area contributed by atoms with Crippen molar-refractivity contribution in [1.82, 2.24) is 9.88 Å². The number of aliphatic hydroxyl groups excluding tert-OH is 1. The lowest BCUT2D eigenvalue weighted by Gasteiger charge is -2.49. The van der Waals surface area contributed by atoms with Crippen molar-refractivity contribution in [3.05, 3.63) is 70.3 Å². The fourth-order valence-electron chi connectivity index (χ4n) is 6.03. The van der Waals surface area contributed by atoms with E-state index in [1.54, 1.807) is 36.5 Å². The summed E-state index contributed by atoms with van der Waals surface area (Å²) in [6.45, 7) is 8.08. The fourth-order valence-corrected chi connectivity index (χ4v) is 6.03. The number of methoxy groups -OCH3 is 1. The van der Waals surface area contributed by atoms with E-state index in [1.165, 1.54) is 7.11 Å². The molecule has 0 saturated heterocycles. The molecule has 2 N–H and O–H groups in total. The van der Waals surface area contributed by atoms with Gasteiger partial charge in [0, 0.05) is 59.2 Å². The number of ketones is 1. The zero-order valence-electron chi connectivity index (χ0n) is 22.7. The molecule has 0 amide bonds. The maximum absolute atomic E-state index is 13.8. The fraction of sp³-hybridized carbons (Fsp3) is 0.433. The van der Waals surface area contributed by atoms with Crippen molar-refractivity contribution in [2.75, 3.05) is 14.2 Å². The summed E-state index contributed by atoms with van der Waals surface area (Å²) in [6.07, 6.45) is 1.81. The number of nitrogens with zero attached hydrogens (tertiary/aromatic N) is 2. The SMILES string of the molecule is COc1ccc(-c2ccccn2)c(C(=O)O)c1[C@H]1C2=C(CC(C)(C)CC2=O)OC2=C1C(O)N(C)C(C)(C)C2. The molecule has 0 bridgehead atoms. The highest BCUT2D eigenvalue weighted by Crippen LogP contribution is 2.55. The van der Waals surface area contributed by atoms with E-state index in [4.69, 9.17) is 9.47 Å². The van der Waals surface area contributed by atoms with Crippen LogP contribution < -0.4 is 4.74 Å². The molecule has 8 heteroatoms. The summed E-state index contributed by atoms with van der Waals surface area (Å²) in [5.41, 5.74) is 1.36. The van der Waals surface area contributed by atoms with E-state index in [0.717, 1.165) is 0 Å². The second kappa shape index (κ2) is 9.06. The Bertz CT molecular complexity index is 1390. The smallest absolute Gasteiger partial charge is 0.336 e. The van der Waals surface area contributed by atoms with Crippen molar-refractivity contribution in [2.45, 2.75) is 64.6 Å². The highest BCUT2D eigenvalue weighted by atomic mass is 16.5. The number of aromatic carboxylic acids is 1. The van der Waals surface area contributed by atoms with Gasteiger partial charge in [-0.05, 0) is 50.6 Å². The molecule has 0 radical (unpaired) electrons. The number of carbonyl (C=O) groups is 2. The van der Waals surface area contributed by atoms with Crippen molar-refractivity contribution in [3.63, 3.8) is 0 Å². The molecule has 1 aromatic carbocycles. The minimum Gasteiger partial charge on any atom is -0.496 e. The quantitative estimate of drug-likeness (QED) is 0.588. The molecule has 1 unspecified atom stereocenters. The molecule has 3 heterocycles. The number of ether oxygens (including phenoxy) is 2. The van der Waals surface area contributed by atoms with Gasteiger partial charge in [-0.2, -0.15) is 0 Å². The van der Waals surface area contributed by atoms with E-state index >= 15 is 0 Å². The topological polar surface area (TPSA) is 109 Å². The number of aliphatic hydroxyl groups is 1. The maximum Gasteiger partial charge on any atom is 0.336 e. The maximum atomic E-state index is 13.8. The standard InChI is InChI=1S/C30H34N2O6/c1-29(2)13-18(33)23-20(14-29)38-21-15-30(3,4)32(5)27(34)25(21)26(23)24-19(37-6)11-10-16(22(24)28(35)36)17-9-7-8-12-31-17/h7-12,26-27,34H,13-15H2,1-6H3,(H,35,36)/t26-,27?/m1/s1. The van der Waals surface area contributed by atoms with Gasteiger partial charge < -0.3 is 19.7 Å². The number of Topliss-reactive ketones (excluding diaryl/α,β-unsaturated/α-hetero) is 1. The Labute approximate surface area is 222 Å². The van der Waals surface area contributed by atoms with Crippen LogP contribution in [0.5, 0.6) is 5.75 Å². The first-order valence-corrected chi connectivity index (χ1v) is 12.8. The number of likely N-dealkylation sites (N-methyl/N-ethyl adjacent to an activating group) is 1. The Kier molecular flexibility index (Phi) is 6.23. The lowest BCUT2D eigenvalue weighted by atomic mass is 9.67. The van der Waals surface area contributed by atoms with E-state index in [0.29, 0.717) is 58.1 Å². The molecular formula is C30H34N2O6. The van der Waals surface area contributed by atoms with E-state index in [9.17, 15) is 19.8 Å². The molecule has 2 aromatic rings. The summed E-state index contributed by atoms with van der Waals surface area (Å²) >= 11 is 0. The van der Waals surface area contributed by atoms with E-state index < -0.39 is 23.7 Å². The van der Waals surface area contributed by atoms with Crippen LogP contribution in [-0.2, 0) is 9.53 Å². The number of carboxylic acids is 1. The number of carboxylic acid groups (broad SMARTS) is 1. The molecular weight excluding hydrogens is 484 g/mol. The van der Waals surface area contributed by atoms with Crippen LogP contribution in [0.3, 0.4) is 0 Å². The summed E-state index contributed by atoms with van der Waals surface area (Å²) in [5.74, 6) is -0.687. The summed E-state index contributed by atoms with van der Waals surface area (Å²) in [5, 5.41) is 22.2. The molecule has 2 aliphatic heterocycles. The van der Waals surface area contributed by atoms with Crippen molar-refractivity contribution in [2.24, 2.45) is 5.41 Å². The Balaban J connectivity index is 1.86. The summed E-state index contributed by atoms with van der Waals surface area (Å²) in [7, 11) is 3.30. The van der Waals surface area contributed by atoms with Gasteiger partial charge in [0.25, 0.3) is 0 Å². The van der Waals surface area contributed by atoms with Crippen molar-refractivity contribution < 1.29 is 29.3 Å². The van der Waals surface area contributed by atoms with Crippen LogP contribution in [-0.4, -0.2) is 57.8 Å². The van der Waals surface area contributed by atoms with Crippen LogP contribution in [0.4, 0.5) is 0 Å². The molecule has 8 nitrogen and oxygen atoms in total. The molecule has 0 spiro atoms. The van der Waals surface area contributed by atoms with E-state index in [-0.39, 0.29) is 23.2 Å². The predicted octanol–water partition coefficient (Wildman–Crippen LogP) is 4.90. The highest BCUT2D eigenvalue weighted by Gasteiger charge is 2.51. The monoisotopic (exact) mass is 518 g/mol. The summed E-state index contributed by atoms with van der Waals surface area (Å²) in [6, 6.07) is 8.69. The van der Waals surface area contributed by atoms with Crippen LogP contribution in [0.25, 0.3) is 11.3 Å². The number of carbonyl (C=O) groups excluding carboxylic acids is 1. The first kappa shape index (κ1) is 26.1. The lowest BCUT2D eigenvalue weighted by Crippen LogP contribution is -2.54. The Morgan fingerprint density at radius 3 is 2.47 bits per heavy atom. The minimum atomic E-state index is -1.17. The lowest BCUT2D eigenvalue weighted by molar-refractivity contribution is -0.119. The van der Waals surface area contributed by atoms with Crippen molar-refractivity contribution >= 4 is 11.8 Å². The van der Waals surface area contributed by atoms with Gasteiger partial charge in [-0.15, -0.1) is 0 Å². The second-order valence-electron chi connectivity index (χ2n) is 11.8. The minimum absolute atomic E-state index is 0.00836. The van der Waals surface area contributed by atoms with E-state index in [1.807, 2.05) is 39.6 Å². The Morgan fingerprint density at radius 1 is 1.11 bits per heavy atom. The number of aromatic nitrogens is 1. The Hall–Kier alpha value is -3.49. The first-order valence-electron chi connectivity index (χ1n) is 12.8. The van der Waals surface area contributed by atoms with Gasteiger partial charge in [-0.3, -0.25) is 14.7 Å². The molecule has 0 saturated carbocycles. The third kappa shape index (κ3) is 4.12. The van der Waals surface area contributed by atoms with Gasteiger partial charge in [0.15, 0.2) is 5.78 Å². The van der Waals surface area contributed by atoms with Gasteiger partial charge in [0.2, 0.25) is 0 Å². The van der Waals surface area contributed by atoms with Gasteiger partial charge in [0.1, 0.15) is 23.5 Å². The molecule has 5 rings (SSSR count). The largest absolute Gasteiger partial charge is 0.496 e. The van der Waals surface area contributed by atoms with Crippen molar-refractivity contribution in [1.29, 1.82) is 0 Å². The van der Waals surface area contributed by atoms with Crippen molar-refractivity contribution in [3.8, 4) is 17.0 Å². The first-order chi connectivity index (χ1) is 17.9. The van der Waals surface area contributed by atoms with Crippen LogP contribution in [0, 0.1) is 5.41 Å². The number of pyridine rings is 1. The van der Waals surface area contributed by atoms with Gasteiger partial charge in [0.05, 0.1) is 18.4 Å². The number of hydrogen-bond donors (Lipinski definition) is 2. The average molecular weight is 519 g/mol. The van der Waals surface area contributed by atoms with Crippen LogP contribution >= 0.6 is 0 Å². The number of benzene rings is 1. The van der Waals surface area contributed by atoms with Crippen LogP contribution in [0.2, 0.25) is 0 Å². The van der Waals surface area contributed by atoms with Gasteiger partial charge in [-0.1, -0.05) is 19.9 Å². The molecule has 0 fully saturated rings. The summed E-state index contributed by atoms with van der Waals surface area (Å²) < 4.78 is 12.2. The van der Waals surface area contributed by atoms with E-state index in [2.05, 4.69) is 4.98 Å². The molecule has 2 atom stereocenters. The third-order valence-electron chi connectivity index (χ3n) is 8.11. The summed E-state index contributed by atoms with van der Waals surface area (Å²) in [4.78, 5) is 33.0. The van der Waals surface area contributed by atoms with Gasteiger partial charge >= 0.3 is 5.97 Å². The average Bonchev–Trinajstić information content (AvgIpc) is 2.84. The van der Waals surface area contributed by atoms with Crippen LogP contribution in [0.1, 0.15) is 68.8 Å². The number of rotatable bonds is 4. The zero-order chi connectivity index (χ0) is 27.6. The molecule has 38 heavy (non-hydrogen) atoms. The predicted molar refractivity (Wildman–Crippen MR) is 142 cm³/mol. The Morgan fingerprint density at radius 2 is 1.84 bits per heavy atom. The third-order valence-corrected chi connectivity index (χ3v) is 8.11.